The molecular weight excluding hydrogens is 144 g/mol. The summed E-state index contributed by atoms with van der Waals surface area (Å²) in [4.78, 5) is 11.2. The number of methoxy groups -OCH3 is 1. The number of hydrogen-bond donors (Lipinski definition) is 1. The molecule has 1 aliphatic rings. The normalized spacial score (nSPS) is 37.2. The number of esters is 1. The Hall–Kier alpha value is -0.570. The topological polar surface area (TPSA) is 46.5 Å². The average molecular weight is 158 g/mol. The van der Waals surface area contributed by atoms with Crippen LogP contribution in [0.25, 0.3) is 0 Å². The molecule has 1 saturated carbocycles. The standard InChI is InChI=1S/C8H14O3/c1-8(7(10)11-2)5-3-4-6(8)9/h6,9H,3-5H2,1-2H3/t6-,8+/m0/s1. The highest BCUT2D eigenvalue weighted by atomic mass is 16.5. The first-order chi connectivity index (χ1) is 5.11. The maximum atomic E-state index is 11.2. The van der Waals surface area contributed by atoms with E-state index in [1.807, 2.05) is 0 Å². The van der Waals surface area contributed by atoms with Crippen molar-refractivity contribution in [1.29, 1.82) is 0 Å². The molecule has 11 heavy (non-hydrogen) atoms. The van der Waals surface area contributed by atoms with Crippen LogP contribution in [0.4, 0.5) is 0 Å². The minimum atomic E-state index is -0.644. The van der Waals surface area contributed by atoms with Crippen molar-refractivity contribution in [2.75, 3.05) is 7.11 Å². The van der Waals surface area contributed by atoms with Crippen LogP contribution in [-0.4, -0.2) is 24.3 Å². The SMILES string of the molecule is COC(=O)[C@]1(C)CCC[C@@H]1O. The van der Waals surface area contributed by atoms with Gasteiger partial charge in [-0.3, -0.25) is 4.79 Å². The van der Waals surface area contributed by atoms with Gasteiger partial charge < -0.3 is 9.84 Å². The van der Waals surface area contributed by atoms with Gasteiger partial charge in [-0.2, -0.15) is 0 Å². The predicted octanol–water partition coefficient (Wildman–Crippen LogP) is 0.710. The largest absolute Gasteiger partial charge is 0.469 e. The smallest absolute Gasteiger partial charge is 0.314 e. The van der Waals surface area contributed by atoms with Crippen LogP contribution in [0.15, 0.2) is 0 Å². The number of aliphatic hydroxyl groups excluding tert-OH is 1. The molecule has 3 heteroatoms. The summed E-state index contributed by atoms with van der Waals surface area (Å²) in [7, 11) is 1.36. The van der Waals surface area contributed by atoms with Crippen LogP contribution in [0.1, 0.15) is 26.2 Å². The van der Waals surface area contributed by atoms with Gasteiger partial charge in [0.05, 0.1) is 18.6 Å². The molecule has 0 aromatic rings. The molecule has 0 spiro atoms. The first kappa shape index (κ1) is 8.53. The quantitative estimate of drug-likeness (QED) is 0.572. The molecule has 64 valence electrons. The van der Waals surface area contributed by atoms with Crippen molar-refractivity contribution in [3.05, 3.63) is 0 Å². The van der Waals surface area contributed by atoms with Crippen molar-refractivity contribution in [2.24, 2.45) is 5.41 Å². The molecule has 1 aliphatic carbocycles. The zero-order valence-electron chi connectivity index (χ0n) is 6.96. The van der Waals surface area contributed by atoms with Gasteiger partial charge in [0.2, 0.25) is 0 Å². The molecule has 0 aliphatic heterocycles. The van der Waals surface area contributed by atoms with Crippen LogP contribution in [0, 0.1) is 5.41 Å². The van der Waals surface area contributed by atoms with E-state index < -0.39 is 11.5 Å². The number of rotatable bonds is 1. The van der Waals surface area contributed by atoms with Crippen molar-refractivity contribution >= 4 is 5.97 Å². The fraction of sp³-hybridized carbons (Fsp3) is 0.875. The maximum Gasteiger partial charge on any atom is 0.314 e. The molecule has 0 aromatic heterocycles. The molecular formula is C8H14O3. The van der Waals surface area contributed by atoms with E-state index in [0.29, 0.717) is 6.42 Å². The lowest BCUT2D eigenvalue weighted by atomic mass is 9.87. The van der Waals surface area contributed by atoms with Gasteiger partial charge in [0, 0.05) is 0 Å². The first-order valence-electron chi connectivity index (χ1n) is 3.88. The number of ether oxygens (including phenoxy) is 1. The fourth-order valence-corrected chi connectivity index (χ4v) is 1.62. The van der Waals surface area contributed by atoms with Crippen LogP contribution >= 0.6 is 0 Å². The van der Waals surface area contributed by atoms with Crippen molar-refractivity contribution < 1.29 is 14.6 Å². The Labute approximate surface area is 66.4 Å². The molecule has 0 radical (unpaired) electrons. The molecule has 2 atom stereocenters. The van der Waals surface area contributed by atoms with Gasteiger partial charge in [0.25, 0.3) is 0 Å². The van der Waals surface area contributed by atoms with E-state index in [1.54, 1.807) is 6.92 Å². The van der Waals surface area contributed by atoms with Gasteiger partial charge in [-0.1, -0.05) is 0 Å². The predicted molar refractivity (Wildman–Crippen MR) is 40.0 cm³/mol. The fourth-order valence-electron chi connectivity index (χ4n) is 1.62. The van der Waals surface area contributed by atoms with Crippen molar-refractivity contribution in [1.82, 2.24) is 0 Å². The Morgan fingerprint density at radius 3 is 2.73 bits per heavy atom. The van der Waals surface area contributed by atoms with Crippen molar-refractivity contribution in [3.8, 4) is 0 Å². The third-order valence-corrected chi connectivity index (χ3v) is 2.56. The van der Waals surface area contributed by atoms with Crippen LogP contribution in [0.5, 0.6) is 0 Å². The maximum absolute atomic E-state index is 11.2. The van der Waals surface area contributed by atoms with Gasteiger partial charge in [0.1, 0.15) is 0 Å². The third kappa shape index (κ3) is 1.25. The molecule has 0 unspecified atom stereocenters. The Kier molecular flexibility index (Phi) is 2.18. The van der Waals surface area contributed by atoms with E-state index in [2.05, 4.69) is 4.74 Å². The summed E-state index contributed by atoms with van der Waals surface area (Å²) >= 11 is 0. The Balaban J connectivity index is 2.72. The third-order valence-electron chi connectivity index (χ3n) is 2.56. The summed E-state index contributed by atoms with van der Waals surface area (Å²) < 4.78 is 4.61. The lowest BCUT2D eigenvalue weighted by molar-refractivity contribution is -0.156. The molecule has 0 bridgehead atoms. The van der Waals surface area contributed by atoms with Gasteiger partial charge in [-0.15, -0.1) is 0 Å². The summed E-state index contributed by atoms with van der Waals surface area (Å²) in [6.45, 7) is 1.76. The van der Waals surface area contributed by atoms with E-state index in [0.717, 1.165) is 12.8 Å². The van der Waals surface area contributed by atoms with E-state index in [9.17, 15) is 9.90 Å². The van der Waals surface area contributed by atoms with Gasteiger partial charge in [-0.05, 0) is 26.2 Å². The molecule has 0 aromatic carbocycles. The summed E-state index contributed by atoms with van der Waals surface area (Å²) in [5, 5.41) is 9.45. The monoisotopic (exact) mass is 158 g/mol. The van der Waals surface area contributed by atoms with Gasteiger partial charge in [-0.25, -0.2) is 0 Å². The molecule has 3 nitrogen and oxygen atoms in total. The van der Waals surface area contributed by atoms with Crippen LogP contribution < -0.4 is 0 Å². The van der Waals surface area contributed by atoms with Gasteiger partial charge >= 0.3 is 5.97 Å². The molecule has 1 N–H and O–H groups in total. The van der Waals surface area contributed by atoms with Crippen LogP contribution in [0.2, 0.25) is 0 Å². The number of carbonyl (C=O) groups is 1. The number of hydrogen-bond acceptors (Lipinski definition) is 3. The summed E-state index contributed by atoms with van der Waals surface area (Å²) in [6, 6.07) is 0. The highest BCUT2D eigenvalue weighted by molar-refractivity contribution is 5.77. The highest BCUT2D eigenvalue weighted by Crippen LogP contribution is 2.38. The first-order valence-corrected chi connectivity index (χ1v) is 3.88. The zero-order valence-corrected chi connectivity index (χ0v) is 6.96. The van der Waals surface area contributed by atoms with Crippen LogP contribution in [0.3, 0.4) is 0 Å². The second-order valence-corrected chi connectivity index (χ2v) is 3.32. The minimum absolute atomic E-state index is 0.289. The molecule has 0 amide bonds. The lowest BCUT2D eigenvalue weighted by Gasteiger charge is -2.24. The van der Waals surface area contributed by atoms with Crippen molar-refractivity contribution in [3.63, 3.8) is 0 Å². The van der Waals surface area contributed by atoms with Gasteiger partial charge in [0.15, 0.2) is 0 Å². The number of aliphatic hydroxyl groups is 1. The lowest BCUT2D eigenvalue weighted by Crippen LogP contribution is -2.36. The molecule has 1 rings (SSSR count). The average Bonchev–Trinajstić information content (AvgIpc) is 2.32. The highest BCUT2D eigenvalue weighted by Gasteiger charge is 2.45. The summed E-state index contributed by atoms with van der Waals surface area (Å²) in [5.74, 6) is -0.289. The molecule has 0 saturated heterocycles. The number of carbonyl (C=O) groups excluding carboxylic acids is 1. The minimum Gasteiger partial charge on any atom is -0.469 e. The van der Waals surface area contributed by atoms with E-state index in [-0.39, 0.29) is 5.97 Å². The zero-order chi connectivity index (χ0) is 8.48. The second kappa shape index (κ2) is 2.81. The van der Waals surface area contributed by atoms with E-state index in [4.69, 9.17) is 0 Å². The Morgan fingerprint density at radius 1 is 1.73 bits per heavy atom. The summed E-state index contributed by atoms with van der Waals surface area (Å²) in [6.07, 6.45) is 1.84. The summed E-state index contributed by atoms with van der Waals surface area (Å²) in [5.41, 5.74) is -0.644. The Bertz CT molecular complexity index is 167. The van der Waals surface area contributed by atoms with E-state index in [1.165, 1.54) is 7.11 Å². The molecule has 0 heterocycles. The van der Waals surface area contributed by atoms with E-state index >= 15 is 0 Å². The van der Waals surface area contributed by atoms with Crippen molar-refractivity contribution in [2.45, 2.75) is 32.3 Å². The second-order valence-electron chi connectivity index (χ2n) is 3.32. The molecule has 1 fully saturated rings. The van der Waals surface area contributed by atoms with Crippen LogP contribution in [-0.2, 0) is 9.53 Å². The Morgan fingerprint density at radius 2 is 2.36 bits per heavy atom.